The molecule has 1 aliphatic rings. The molecule has 0 atom stereocenters. The molecule has 1 fully saturated rings. The molecule has 0 amide bonds. The highest BCUT2D eigenvalue weighted by Crippen LogP contribution is 2.27. The predicted octanol–water partition coefficient (Wildman–Crippen LogP) is 3.45. The Balaban J connectivity index is 1.61. The van der Waals surface area contributed by atoms with E-state index in [2.05, 4.69) is 20.9 Å². The number of thiophene rings is 1. The number of anilines is 1. The normalized spacial score (nSPS) is 15.3. The summed E-state index contributed by atoms with van der Waals surface area (Å²) in [5.74, 6) is 0.638. The molecule has 1 aliphatic heterocycles. The number of benzene rings is 1. The summed E-state index contributed by atoms with van der Waals surface area (Å²) in [5, 5.41) is 5.11. The first kappa shape index (κ1) is 18.7. The van der Waals surface area contributed by atoms with Crippen molar-refractivity contribution in [2.75, 3.05) is 24.6 Å². The molecule has 0 radical (unpaired) electrons. The highest BCUT2D eigenvalue weighted by molar-refractivity contribution is 7.89. The van der Waals surface area contributed by atoms with Gasteiger partial charge in [0.2, 0.25) is 0 Å². The molecular weight excluding hydrogens is 370 g/mol. The molecule has 3 rings (SSSR count). The molecule has 8 heteroatoms. The van der Waals surface area contributed by atoms with Crippen LogP contribution in [-0.2, 0) is 10.0 Å². The van der Waals surface area contributed by atoms with Crippen molar-refractivity contribution < 1.29 is 13.2 Å². The second-order valence-electron chi connectivity index (χ2n) is 5.98. The Bertz CT molecular complexity index is 839. The summed E-state index contributed by atoms with van der Waals surface area (Å²) < 4.78 is 29.9. The molecule has 1 N–H and O–H groups in total. The molecule has 0 aliphatic carbocycles. The second kappa shape index (κ2) is 8.55. The fourth-order valence-corrected chi connectivity index (χ4v) is 4.51. The zero-order chi connectivity index (χ0) is 18.4. The molecular formula is C18H23N3O3S2. The third-order valence-electron chi connectivity index (χ3n) is 4.09. The van der Waals surface area contributed by atoms with Crippen molar-refractivity contribution >= 4 is 32.6 Å². The summed E-state index contributed by atoms with van der Waals surface area (Å²) in [4.78, 5) is 5.70. The van der Waals surface area contributed by atoms with Crippen LogP contribution in [0.5, 0.6) is 5.75 Å². The van der Waals surface area contributed by atoms with Gasteiger partial charge in [0.15, 0.2) is 0 Å². The summed E-state index contributed by atoms with van der Waals surface area (Å²) in [5.41, 5.74) is 0. The largest absolute Gasteiger partial charge is 0.494 e. The van der Waals surface area contributed by atoms with Gasteiger partial charge in [-0.05, 0) is 62.6 Å². The molecule has 1 aromatic heterocycles. The van der Waals surface area contributed by atoms with Crippen molar-refractivity contribution in [1.82, 2.24) is 4.83 Å². The third kappa shape index (κ3) is 4.76. The lowest BCUT2D eigenvalue weighted by molar-refractivity contribution is 0.340. The van der Waals surface area contributed by atoms with Gasteiger partial charge in [-0.2, -0.15) is 13.5 Å². The second-order valence-corrected chi connectivity index (χ2v) is 8.74. The molecule has 6 nitrogen and oxygen atoms in total. The zero-order valence-electron chi connectivity index (χ0n) is 14.7. The number of ether oxygens (including phenoxy) is 1. The molecule has 0 spiro atoms. The quantitative estimate of drug-likeness (QED) is 0.578. The Morgan fingerprint density at radius 3 is 2.58 bits per heavy atom. The summed E-state index contributed by atoms with van der Waals surface area (Å²) in [6.45, 7) is 4.58. The summed E-state index contributed by atoms with van der Waals surface area (Å²) in [6.07, 6.45) is 5.29. The van der Waals surface area contributed by atoms with Gasteiger partial charge in [0.25, 0.3) is 10.0 Å². The van der Waals surface area contributed by atoms with Crippen LogP contribution in [0.4, 0.5) is 5.00 Å². The van der Waals surface area contributed by atoms with Crippen molar-refractivity contribution in [2.45, 2.75) is 31.1 Å². The van der Waals surface area contributed by atoms with Gasteiger partial charge < -0.3 is 9.64 Å². The van der Waals surface area contributed by atoms with Gasteiger partial charge in [-0.3, -0.25) is 0 Å². The van der Waals surface area contributed by atoms with E-state index in [0.29, 0.717) is 12.4 Å². The van der Waals surface area contributed by atoms with Crippen LogP contribution in [0.25, 0.3) is 0 Å². The van der Waals surface area contributed by atoms with Crippen molar-refractivity contribution in [3.63, 3.8) is 0 Å². The van der Waals surface area contributed by atoms with Crippen LogP contribution in [0.1, 0.15) is 31.1 Å². The highest BCUT2D eigenvalue weighted by Gasteiger charge is 2.14. The van der Waals surface area contributed by atoms with Crippen molar-refractivity contribution in [3.8, 4) is 5.75 Å². The van der Waals surface area contributed by atoms with Gasteiger partial charge in [-0.25, -0.2) is 4.83 Å². The van der Waals surface area contributed by atoms with E-state index in [0.717, 1.165) is 18.0 Å². The Morgan fingerprint density at radius 2 is 1.88 bits per heavy atom. The fraction of sp³-hybridized carbons (Fsp3) is 0.389. The Hall–Kier alpha value is -2.06. The predicted molar refractivity (Wildman–Crippen MR) is 106 cm³/mol. The van der Waals surface area contributed by atoms with E-state index >= 15 is 0 Å². The first-order valence-electron chi connectivity index (χ1n) is 8.71. The number of piperidine rings is 1. The lowest BCUT2D eigenvalue weighted by Gasteiger charge is -2.27. The summed E-state index contributed by atoms with van der Waals surface area (Å²) in [6, 6.07) is 10.3. The van der Waals surface area contributed by atoms with Crippen molar-refractivity contribution in [1.29, 1.82) is 0 Å². The van der Waals surface area contributed by atoms with Gasteiger partial charge in [0.05, 0.1) is 22.7 Å². The van der Waals surface area contributed by atoms with E-state index in [9.17, 15) is 8.42 Å². The molecule has 0 bridgehead atoms. The lowest BCUT2D eigenvalue weighted by Crippen LogP contribution is -2.28. The average molecular weight is 394 g/mol. The molecule has 2 heterocycles. The van der Waals surface area contributed by atoms with Crippen LogP contribution < -0.4 is 14.5 Å². The van der Waals surface area contributed by atoms with Gasteiger partial charge in [-0.15, -0.1) is 11.3 Å². The number of sulfonamides is 1. The minimum absolute atomic E-state index is 0.151. The van der Waals surface area contributed by atoms with Crippen LogP contribution in [0.2, 0.25) is 0 Å². The van der Waals surface area contributed by atoms with Gasteiger partial charge in [-0.1, -0.05) is 0 Å². The Morgan fingerprint density at radius 1 is 1.15 bits per heavy atom. The fourth-order valence-electron chi connectivity index (χ4n) is 2.79. The number of nitrogens with zero attached hydrogens (tertiary/aromatic N) is 2. The van der Waals surface area contributed by atoms with Crippen molar-refractivity contribution in [2.24, 2.45) is 5.10 Å². The maximum atomic E-state index is 12.3. The SMILES string of the molecule is CCOc1ccc(S(=O)(=O)N/N=C\c2ccc(N3CCCCC3)s2)cc1. The van der Waals surface area contributed by atoms with Crippen LogP contribution in [-0.4, -0.2) is 34.3 Å². The van der Waals surface area contributed by atoms with Gasteiger partial charge in [0, 0.05) is 18.0 Å². The monoisotopic (exact) mass is 393 g/mol. The average Bonchev–Trinajstić information content (AvgIpc) is 3.12. The molecule has 2 aromatic rings. The van der Waals surface area contributed by atoms with Crippen LogP contribution in [0, 0.1) is 0 Å². The van der Waals surface area contributed by atoms with E-state index in [4.69, 9.17) is 4.74 Å². The van der Waals surface area contributed by atoms with Crippen LogP contribution in [0.15, 0.2) is 46.4 Å². The molecule has 1 aromatic carbocycles. The first-order valence-corrected chi connectivity index (χ1v) is 11.0. The van der Waals surface area contributed by atoms with E-state index in [-0.39, 0.29) is 4.90 Å². The third-order valence-corrected chi connectivity index (χ3v) is 6.41. The topological polar surface area (TPSA) is 71.0 Å². The smallest absolute Gasteiger partial charge is 0.276 e. The van der Waals surface area contributed by atoms with E-state index < -0.39 is 10.0 Å². The van der Waals surface area contributed by atoms with Crippen LogP contribution in [0.3, 0.4) is 0 Å². The number of hydrogen-bond donors (Lipinski definition) is 1. The molecule has 0 unspecified atom stereocenters. The number of rotatable bonds is 7. The standard InChI is InChI=1S/C18H23N3O3S2/c1-2-24-15-6-9-17(10-7-15)26(22,23)20-19-14-16-8-11-18(25-16)21-12-4-3-5-13-21/h6-11,14,20H,2-5,12-13H2,1H3/b19-14-. The number of hydrogen-bond acceptors (Lipinski definition) is 6. The minimum atomic E-state index is -3.69. The Labute approximate surface area is 158 Å². The maximum absolute atomic E-state index is 12.3. The maximum Gasteiger partial charge on any atom is 0.276 e. The van der Waals surface area contributed by atoms with Gasteiger partial charge in [0.1, 0.15) is 5.75 Å². The number of hydrazone groups is 1. The van der Waals surface area contributed by atoms with E-state index in [1.807, 2.05) is 13.0 Å². The minimum Gasteiger partial charge on any atom is -0.494 e. The molecule has 140 valence electrons. The zero-order valence-corrected chi connectivity index (χ0v) is 16.4. The summed E-state index contributed by atoms with van der Waals surface area (Å²) >= 11 is 1.62. The lowest BCUT2D eigenvalue weighted by atomic mass is 10.1. The van der Waals surface area contributed by atoms with Gasteiger partial charge >= 0.3 is 0 Å². The van der Waals surface area contributed by atoms with Crippen molar-refractivity contribution in [3.05, 3.63) is 41.3 Å². The van der Waals surface area contributed by atoms with Crippen LogP contribution >= 0.6 is 11.3 Å². The molecule has 0 saturated carbocycles. The molecule has 26 heavy (non-hydrogen) atoms. The van der Waals surface area contributed by atoms with E-state index in [1.54, 1.807) is 29.7 Å². The highest BCUT2D eigenvalue weighted by atomic mass is 32.2. The summed E-state index contributed by atoms with van der Waals surface area (Å²) in [7, 11) is -3.69. The first-order chi connectivity index (χ1) is 12.6. The molecule has 1 saturated heterocycles. The number of nitrogens with one attached hydrogen (secondary N) is 1. The van der Waals surface area contributed by atoms with E-state index in [1.165, 1.54) is 36.4 Å². The Kier molecular flexibility index (Phi) is 6.16.